The number of oxazole rings is 1. The summed E-state index contributed by atoms with van der Waals surface area (Å²) in [5.74, 6) is 0.342. The molecular weight excluding hydrogens is 394 g/mol. The molecule has 1 saturated heterocycles. The molecule has 0 radical (unpaired) electrons. The summed E-state index contributed by atoms with van der Waals surface area (Å²) in [6.07, 6.45) is 8.36. The van der Waals surface area contributed by atoms with Crippen LogP contribution in [0.2, 0.25) is 0 Å². The Morgan fingerprint density at radius 2 is 2.03 bits per heavy atom. The first-order chi connectivity index (χ1) is 15.1. The van der Waals surface area contributed by atoms with Gasteiger partial charge in [-0.2, -0.15) is 5.10 Å². The van der Waals surface area contributed by atoms with Crippen molar-refractivity contribution in [3.05, 3.63) is 48.6 Å². The van der Waals surface area contributed by atoms with Crippen LogP contribution >= 0.6 is 0 Å². The summed E-state index contributed by atoms with van der Waals surface area (Å²) in [6, 6.07) is 7.39. The van der Waals surface area contributed by atoms with Gasteiger partial charge in [-0.15, -0.1) is 0 Å². The van der Waals surface area contributed by atoms with E-state index in [9.17, 15) is 4.79 Å². The van der Waals surface area contributed by atoms with E-state index in [1.54, 1.807) is 23.0 Å². The number of benzene rings is 1. The van der Waals surface area contributed by atoms with Crippen LogP contribution in [0, 0.1) is 0 Å². The maximum atomic E-state index is 13.0. The van der Waals surface area contributed by atoms with Gasteiger partial charge >= 0.3 is 0 Å². The first kappa shape index (κ1) is 19.1. The number of rotatable bonds is 4. The van der Waals surface area contributed by atoms with Gasteiger partial charge in [0.15, 0.2) is 5.69 Å². The third-order valence-corrected chi connectivity index (χ3v) is 5.45. The average molecular weight is 417 g/mol. The van der Waals surface area contributed by atoms with Crippen molar-refractivity contribution in [1.82, 2.24) is 19.7 Å². The van der Waals surface area contributed by atoms with Crippen LogP contribution in [0.15, 0.2) is 47.3 Å². The Morgan fingerprint density at radius 1 is 1.19 bits per heavy atom. The number of carbonyl (C=O) groups is 1. The lowest BCUT2D eigenvalue weighted by Crippen LogP contribution is -2.30. The van der Waals surface area contributed by atoms with Gasteiger partial charge < -0.3 is 20.4 Å². The van der Waals surface area contributed by atoms with Crippen molar-refractivity contribution in [1.29, 1.82) is 0 Å². The highest BCUT2D eigenvalue weighted by Crippen LogP contribution is 2.33. The fourth-order valence-electron chi connectivity index (χ4n) is 3.96. The van der Waals surface area contributed by atoms with E-state index in [-0.39, 0.29) is 11.6 Å². The van der Waals surface area contributed by atoms with Crippen LogP contribution in [-0.2, 0) is 7.05 Å². The van der Waals surface area contributed by atoms with E-state index in [0.717, 1.165) is 48.2 Å². The molecule has 3 aromatic heterocycles. The largest absolute Gasteiger partial charge is 0.444 e. The van der Waals surface area contributed by atoms with Crippen LogP contribution in [0.1, 0.15) is 29.8 Å². The number of hydrogen-bond acceptors (Lipinski definition) is 7. The lowest BCUT2D eigenvalue weighted by Gasteiger charge is -2.30. The lowest BCUT2D eigenvalue weighted by atomic mass is 10.1. The van der Waals surface area contributed by atoms with Gasteiger partial charge in [0.05, 0.1) is 16.9 Å². The predicted octanol–water partition coefficient (Wildman–Crippen LogP) is 3.45. The zero-order valence-electron chi connectivity index (χ0n) is 17.2. The van der Waals surface area contributed by atoms with Crippen LogP contribution in [0.5, 0.6) is 0 Å². The van der Waals surface area contributed by atoms with Gasteiger partial charge in [-0.1, -0.05) is 0 Å². The molecule has 0 atom stereocenters. The number of nitrogens with one attached hydrogen (secondary N) is 1. The van der Waals surface area contributed by atoms with E-state index >= 15 is 0 Å². The maximum absolute atomic E-state index is 13.0. The molecular formula is C22H23N7O2. The molecule has 0 saturated carbocycles. The van der Waals surface area contributed by atoms with Crippen molar-refractivity contribution in [3.63, 3.8) is 0 Å². The second-order valence-corrected chi connectivity index (χ2v) is 7.74. The second-order valence-electron chi connectivity index (χ2n) is 7.74. The molecule has 0 aliphatic carbocycles. The highest BCUT2D eigenvalue weighted by atomic mass is 16.3. The summed E-state index contributed by atoms with van der Waals surface area (Å²) in [6.45, 7) is 1.91. The molecule has 158 valence electrons. The number of nitrogen functional groups attached to an aromatic ring is 1. The molecule has 0 unspecified atom stereocenters. The molecule has 1 fully saturated rings. The first-order valence-electron chi connectivity index (χ1n) is 10.3. The van der Waals surface area contributed by atoms with Crippen LogP contribution in [0.3, 0.4) is 0 Å². The van der Waals surface area contributed by atoms with Gasteiger partial charge in [0.2, 0.25) is 5.89 Å². The molecule has 9 nitrogen and oxygen atoms in total. The van der Waals surface area contributed by atoms with Gasteiger partial charge in [0.1, 0.15) is 12.1 Å². The zero-order chi connectivity index (χ0) is 21.4. The van der Waals surface area contributed by atoms with E-state index in [0.29, 0.717) is 17.3 Å². The van der Waals surface area contributed by atoms with Crippen LogP contribution < -0.4 is 16.0 Å². The summed E-state index contributed by atoms with van der Waals surface area (Å²) < 4.78 is 7.28. The number of carbonyl (C=O) groups excluding carboxylic acids is 1. The molecule has 1 aliphatic rings. The molecule has 1 aliphatic heterocycles. The number of aryl methyl sites for hydroxylation is 1. The monoisotopic (exact) mass is 417 g/mol. The normalized spacial score (nSPS) is 14.2. The smallest absolute Gasteiger partial charge is 0.277 e. The summed E-state index contributed by atoms with van der Waals surface area (Å²) in [7, 11) is 1.89. The zero-order valence-corrected chi connectivity index (χ0v) is 17.2. The molecule has 9 heteroatoms. The average Bonchev–Trinajstić information content (AvgIpc) is 3.40. The Balaban J connectivity index is 1.46. The maximum Gasteiger partial charge on any atom is 0.277 e. The molecule has 1 amide bonds. The Labute approximate surface area is 178 Å². The van der Waals surface area contributed by atoms with E-state index < -0.39 is 0 Å². The number of amides is 1. The summed E-state index contributed by atoms with van der Waals surface area (Å²) in [4.78, 5) is 23.6. The molecule has 0 bridgehead atoms. The van der Waals surface area contributed by atoms with E-state index in [4.69, 9.17) is 10.2 Å². The van der Waals surface area contributed by atoms with Crippen molar-refractivity contribution < 1.29 is 9.21 Å². The number of aromatic nitrogens is 4. The number of fused-ring (bicyclic) bond motifs is 1. The molecule has 5 rings (SSSR count). The SMILES string of the molecule is Cn1cc2cc(NC(=O)c3coc(-c4ccnc(N)c4)n3)c(N3CCCCC3)cc2n1. The minimum Gasteiger partial charge on any atom is -0.444 e. The van der Waals surface area contributed by atoms with Crippen molar-refractivity contribution in [3.8, 4) is 11.5 Å². The Bertz CT molecular complexity index is 1250. The van der Waals surface area contributed by atoms with Crippen molar-refractivity contribution in [2.45, 2.75) is 19.3 Å². The topological polar surface area (TPSA) is 115 Å². The number of anilines is 3. The molecule has 0 spiro atoms. The molecule has 4 aromatic rings. The van der Waals surface area contributed by atoms with Gasteiger partial charge in [-0.25, -0.2) is 9.97 Å². The molecule has 31 heavy (non-hydrogen) atoms. The molecule has 3 N–H and O–H groups in total. The van der Waals surface area contributed by atoms with Crippen molar-refractivity contribution in [2.75, 3.05) is 29.0 Å². The Morgan fingerprint density at radius 3 is 2.84 bits per heavy atom. The van der Waals surface area contributed by atoms with Gasteiger partial charge in [0, 0.05) is 43.5 Å². The highest BCUT2D eigenvalue weighted by Gasteiger charge is 2.20. The van der Waals surface area contributed by atoms with Gasteiger partial charge in [0.25, 0.3) is 5.91 Å². The van der Waals surface area contributed by atoms with Crippen LogP contribution in [-0.4, -0.2) is 38.7 Å². The predicted molar refractivity (Wildman–Crippen MR) is 119 cm³/mol. The first-order valence-corrected chi connectivity index (χ1v) is 10.3. The number of hydrogen-bond donors (Lipinski definition) is 2. The minimum absolute atomic E-state index is 0.196. The van der Waals surface area contributed by atoms with Crippen molar-refractivity contribution in [2.24, 2.45) is 7.05 Å². The third kappa shape index (κ3) is 3.81. The van der Waals surface area contributed by atoms with E-state index in [1.807, 2.05) is 25.4 Å². The fourth-order valence-corrected chi connectivity index (χ4v) is 3.96. The molecule has 4 heterocycles. The van der Waals surface area contributed by atoms with Crippen LogP contribution in [0.25, 0.3) is 22.4 Å². The number of nitrogens with two attached hydrogens (primary N) is 1. The van der Waals surface area contributed by atoms with E-state index in [1.165, 1.54) is 12.7 Å². The Kier molecular flexibility index (Phi) is 4.78. The van der Waals surface area contributed by atoms with Crippen molar-refractivity contribution >= 4 is 34.0 Å². The summed E-state index contributed by atoms with van der Waals surface area (Å²) >= 11 is 0. The third-order valence-electron chi connectivity index (χ3n) is 5.45. The minimum atomic E-state index is -0.335. The van der Waals surface area contributed by atoms with Gasteiger partial charge in [-0.3, -0.25) is 9.48 Å². The van der Waals surface area contributed by atoms with Crippen LogP contribution in [0.4, 0.5) is 17.2 Å². The van der Waals surface area contributed by atoms with Gasteiger partial charge in [-0.05, 0) is 43.5 Å². The van der Waals surface area contributed by atoms with E-state index in [2.05, 4.69) is 25.3 Å². The highest BCUT2D eigenvalue weighted by molar-refractivity contribution is 6.06. The molecule has 1 aromatic carbocycles. The number of piperidine rings is 1. The quantitative estimate of drug-likeness (QED) is 0.522. The number of pyridine rings is 1. The standard InChI is InChI=1S/C22H23N7O2/c1-28-12-15-9-17(19(11-16(15)27-28)29-7-3-2-4-8-29)25-21(30)18-13-31-22(26-18)14-5-6-24-20(23)10-14/h5-6,9-13H,2-4,7-8H2,1H3,(H2,23,24)(H,25,30). The second kappa shape index (κ2) is 7.75. The Hall–Kier alpha value is -3.88. The number of nitrogens with zero attached hydrogens (tertiary/aromatic N) is 5. The fraction of sp³-hybridized carbons (Fsp3) is 0.273. The summed E-state index contributed by atoms with van der Waals surface area (Å²) in [5.41, 5.74) is 9.21. The lowest BCUT2D eigenvalue weighted by molar-refractivity contribution is 0.102. The summed E-state index contributed by atoms with van der Waals surface area (Å²) in [5, 5.41) is 8.51.